The van der Waals surface area contributed by atoms with Gasteiger partial charge in [0.15, 0.2) is 0 Å². The monoisotopic (exact) mass is 238 g/mol. The van der Waals surface area contributed by atoms with Gasteiger partial charge in [0, 0.05) is 17.4 Å². The van der Waals surface area contributed by atoms with Gasteiger partial charge in [0.25, 0.3) is 0 Å². The first kappa shape index (κ1) is 11.5. The van der Waals surface area contributed by atoms with Crippen LogP contribution in [-0.2, 0) is 4.79 Å². The highest BCUT2D eigenvalue weighted by atomic mass is 35.5. The molecule has 3 heteroatoms. The van der Waals surface area contributed by atoms with Crippen LogP contribution in [0.1, 0.15) is 31.2 Å². The SMILES string of the molecule is COc1ccc(Cl)cc1C1CCC(=O)C1C. The second-order valence-electron chi connectivity index (χ2n) is 4.29. The summed E-state index contributed by atoms with van der Waals surface area (Å²) in [5.74, 6) is 1.50. The van der Waals surface area contributed by atoms with E-state index >= 15 is 0 Å². The Labute approximate surface area is 101 Å². The molecule has 0 bridgehead atoms. The van der Waals surface area contributed by atoms with Gasteiger partial charge in [-0.3, -0.25) is 4.79 Å². The number of methoxy groups -OCH3 is 1. The van der Waals surface area contributed by atoms with E-state index in [0.29, 0.717) is 17.2 Å². The standard InChI is InChI=1S/C13H15ClO2/c1-8-10(4-5-12(8)15)11-7-9(14)3-6-13(11)16-2/h3,6-8,10H,4-5H2,1-2H3. The first-order valence-corrected chi connectivity index (χ1v) is 5.87. The molecule has 1 aromatic rings. The van der Waals surface area contributed by atoms with Crippen molar-refractivity contribution >= 4 is 17.4 Å². The van der Waals surface area contributed by atoms with Crippen molar-refractivity contribution in [1.29, 1.82) is 0 Å². The summed E-state index contributed by atoms with van der Waals surface area (Å²) in [5.41, 5.74) is 1.06. The molecule has 2 unspecified atom stereocenters. The molecule has 86 valence electrons. The Hall–Kier alpha value is -1.02. The second-order valence-corrected chi connectivity index (χ2v) is 4.72. The summed E-state index contributed by atoms with van der Waals surface area (Å²) < 4.78 is 5.33. The van der Waals surface area contributed by atoms with Crippen LogP contribution in [0.3, 0.4) is 0 Å². The quantitative estimate of drug-likeness (QED) is 0.789. The highest BCUT2D eigenvalue weighted by molar-refractivity contribution is 6.30. The van der Waals surface area contributed by atoms with Crippen molar-refractivity contribution in [3.63, 3.8) is 0 Å². The Morgan fingerprint density at radius 3 is 2.75 bits per heavy atom. The zero-order valence-corrected chi connectivity index (χ0v) is 10.3. The van der Waals surface area contributed by atoms with Crippen LogP contribution in [0.2, 0.25) is 5.02 Å². The van der Waals surface area contributed by atoms with Crippen LogP contribution in [0.15, 0.2) is 18.2 Å². The molecule has 1 saturated carbocycles. The summed E-state index contributed by atoms with van der Waals surface area (Å²) in [7, 11) is 1.65. The number of Topliss-reactive ketones (excluding diaryl/α,β-unsaturated/α-hetero) is 1. The highest BCUT2D eigenvalue weighted by Crippen LogP contribution is 2.41. The number of rotatable bonds is 2. The van der Waals surface area contributed by atoms with Crippen LogP contribution in [0.5, 0.6) is 5.75 Å². The molecule has 2 atom stereocenters. The molecule has 0 radical (unpaired) electrons. The molecule has 0 aliphatic heterocycles. The van der Waals surface area contributed by atoms with Gasteiger partial charge in [-0.2, -0.15) is 0 Å². The van der Waals surface area contributed by atoms with Crippen LogP contribution < -0.4 is 4.74 Å². The smallest absolute Gasteiger partial charge is 0.136 e. The van der Waals surface area contributed by atoms with E-state index in [4.69, 9.17) is 16.3 Å². The molecule has 0 amide bonds. The minimum Gasteiger partial charge on any atom is -0.496 e. The molecular formula is C13H15ClO2. The van der Waals surface area contributed by atoms with E-state index in [9.17, 15) is 4.79 Å². The van der Waals surface area contributed by atoms with Crippen LogP contribution in [0.4, 0.5) is 0 Å². The van der Waals surface area contributed by atoms with Gasteiger partial charge in [-0.05, 0) is 36.1 Å². The summed E-state index contributed by atoms with van der Waals surface area (Å²) in [5, 5.41) is 0.697. The molecule has 1 fully saturated rings. The van der Waals surface area contributed by atoms with Gasteiger partial charge in [0.05, 0.1) is 7.11 Å². The summed E-state index contributed by atoms with van der Waals surface area (Å²) in [6, 6.07) is 5.60. The molecule has 1 aromatic carbocycles. The topological polar surface area (TPSA) is 26.3 Å². The second kappa shape index (κ2) is 4.46. The van der Waals surface area contributed by atoms with Crippen LogP contribution in [-0.4, -0.2) is 12.9 Å². The fraction of sp³-hybridized carbons (Fsp3) is 0.462. The number of hydrogen-bond donors (Lipinski definition) is 0. The number of carbonyl (C=O) groups excluding carboxylic acids is 1. The Morgan fingerprint density at radius 2 is 2.19 bits per heavy atom. The van der Waals surface area contributed by atoms with Crippen molar-refractivity contribution in [3.05, 3.63) is 28.8 Å². The van der Waals surface area contributed by atoms with Gasteiger partial charge in [-0.15, -0.1) is 0 Å². The molecule has 0 aromatic heterocycles. The van der Waals surface area contributed by atoms with Gasteiger partial charge in [0.2, 0.25) is 0 Å². The zero-order valence-electron chi connectivity index (χ0n) is 9.50. The van der Waals surface area contributed by atoms with Gasteiger partial charge < -0.3 is 4.74 Å². The van der Waals surface area contributed by atoms with Gasteiger partial charge >= 0.3 is 0 Å². The predicted molar refractivity (Wildman–Crippen MR) is 64.2 cm³/mol. The fourth-order valence-corrected chi connectivity index (χ4v) is 2.60. The lowest BCUT2D eigenvalue weighted by Crippen LogP contribution is -2.09. The normalized spacial score (nSPS) is 24.8. The summed E-state index contributed by atoms with van der Waals surface area (Å²) in [4.78, 5) is 11.6. The highest BCUT2D eigenvalue weighted by Gasteiger charge is 2.33. The van der Waals surface area contributed by atoms with E-state index in [1.165, 1.54) is 0 Å². The minimum absolute atomic E-state index is 0.0763. The van der Waals surface area contributed by atoms with Crippen LogP contribution in [0, 0.1) is 5.92 Å². The number of ether oxygens (including phenoxy) is 1. The van der Waals surface area contributed by atoms with Gasteiger partial charge in [0.1, 0.15) is 11.5 Å². The van der Waals surface area contributed by atoms with Crippen LogP contribution >= 0.6 is 11.6 Å². The molecule has 16 heavy (non-hydrogen) atoms. The zero-order chi connectivity index (χ0) is 11.7. The van der Waals surface area contributed by atoms with Crippen molar-refractivity contribution in [2.24, 2.45) is 5.92 Å². The molecule has 0 spiro atoms. The maximum Gasteiger partial charge on any atom is 0.136 e. The summed E-state index contributed by atoms with van der Waals surface area (Å²) in [6.07, 6.45) is 1.57. The lowest BCUT2D eigenvalue weighted by molar-refractivity contribution is -0.120. The Morgan fingerprint density at radius 1 is 1.44 bits per heavy atom. The van der Waals surface area contributed by atoms with E-state index in [0.717, 1.165) is 17.7 Å². The Bertz CT molecular complexity index is 414. The maximum atomic E-state index is 11.6. The van der Waals surface area contributed by atoms with Crippen molar-refractivity contribution in [1.82, 2.24) is 0 Å². The number of ketones is 1. The average molecular weight is 239 g/mol. The molecule has 1 aliphatic carbocycles. The summed E-state index contributed by atoms with van der Waals surface area (Å²) in [6.45, 7) is 1.99. The number of halogens is 1. The first-order valence-electron chi connectivity index (χ1n) is 5.49. The van der Waals surface area contributed by atoms with Crippen molar-refractivity contribution in [3.8, 4) is 5.75 Å². The van der Waals surface area contributed by atoms with E-state index < -0.39 is 0 Å². The average Bonchev–Trinajstić information content (AvgIpc) is 2.60. The van der Waals surface area contributed by atoms with E-state index in [1.54, 1.807) is 7.11 Å². The van der Waals surface area contributed by atoms with Gasteiger partial charge in [-0.25, -0.2) is 0 Å². The first-order chi connectivity index (χ1) is 7.63. The maximum absolute atomic E-state index is 11.6. The summed E-state index contributed by atoms with van der Waals surface area (Å²) >= 11 is 6.00. The van der Waals surface area contributed by atoms with E-state index in [-0.39, 0.29) is 11.8 Å². The van der Waals surface area contributed by atoms with E-state index in [1.807, 2.05) is 25.1 Å². The largest absolute Gasteiger partial charge is 0.496 e. The predicted octanol–water partition coefficient (Wildman–Crippen LogP) is 3.43. The lowest BCUT2D eigenvalue weighted by atomic mass is 9.89. The van der Waals surface area contributed by atoms with E-state index in [2.05, 4.69) is 0 Å². The number of hydrogen-bond acceptors (Lipinski definition) is 2. The molecular weight excluding hydrogens is 224 g/mol. The Kier molecular flexibility index (Phi) is 3.20. The minimum atomic E-state index is 0.0763. The molecule has 0 N–H and O–H groups in total. The van der Waals surface area contributed by atoms with Crippen molar-refractivity contribution in [2.45, 2.75) is 25.7 Å². The third-order valence-corrected chi connectivity index (χ3v) is 3.64. The number of carbonyl (C=O) groups is 1. The molecule has 1 aliphatic rings. The molecule has 2 rings (SSSR count). The third-order valence-electron chi connectivity index (χ3n) is 3.40. The molecule has 2 nitrogen and oxygen atoms in total. The van der Waals surface area contributed by atoms with Gasteiger partial charge in [-0.1, -0.05) is 18.5 Å². The third kappa shape index (κ3) is 1.94. The van der Waals surface area contributed by atoms with Crippen molar-refractivity contribution < 1.29 is 9.53 Å². The van der Waals surface area contributed by atoms with Crippen LogP contribution in [0.25, 0.3) is 0 Å². The molecule has 0 saturated heterocycles. The fourth-order valence-electron chi connectivity index (χ4n) is 2.42. The molecule has 0 heterocycles. The lowest BCUT2D eigenvalue weighted by Gasteiger charge is -2.18. The van der Waals surface area contributed by atoms with Crippen molar-refractivity contribution in [2.75, 3.05) is 7.11 Å². The number of benzene rings is 1. The Balaban J connectivity index is 2.39.